The van der Waals surface area contributed by atoms with Crippen LogP contribution in [0.4, 0.5) is 16.2 Å². The number of ether oxygens (including phenoxy) is 1. The number of hydrogen-bond acceptors (Lipinski definition) is 7. The predicted molar refractivity (Wildman–Crippen MR) is 106 cm³/mol. The van der Waals surface area contributed by atoms with Crippen molar-refractivity contribution in [3.05, 3.63) is 59.4 Å². The van der Waals surface area contributed by atoms with Gasteiger partial charge in [-0.05, 0) is 31.2 Å². The van der Waals surface area contributed by atoms with Crippen LogP contribution in [0.1, 0.15) is 16.8 Å². The van der Waals surface area contributed by atoms with Crippen LogP contribution in [0, 0.1) is 12.7 Å². The number of anilines is 2. The molecule has 0 spiro atoms. The Morgan fingerprint density at radius 1 is 1.24 bits per heavy atom. The molecule has 0 radical (unpaired) electrons. The van der Waals surface area contributed by atoms with Gasteiger partial charge in [-0.25, -0.2) is 14.4 Å². The zero-order valence-electron chi connectivity index (χ0n) is 15.7. The first kappa shape index (κ1) is 17.4. The molecule has 9 heteroatoms. The monoisotopic (exact) mass is 391 g/mol. The lowest BCUT2D eigenvalue weighted by molar-refractivity contribution is 0.356. The number of benzene rings is 1. The smallest absolute Gasteiger partial charge is 0.210 e. The summed E-state index contributed by atoms with van der Waals surface area (Å²) in [4.78, 5) is 8.82. The molecule has 0 unspecified atom stereocenters. The molecule has 0 atom stereocenters. The van der Waals surface area contributed by atoms with Crippen LogP contribution in [0.25, 0.3) is 16.8 Å². The van der Waals surface area contributed by atoms with Gasteiger partial charge in [0.2, 0.25) is 5.95 Å². The van der Waals surface area contributed by atoms with Crippen LogP contribution >= 0.6 is 0 Å². The maximum Gasteiger partial charge on any atom is 0.210 e. The molecule has 8 nitrogen and oxygen atoms in total. The molecule has 0 saturated heterocycles. The zero-order chi connectivity index (χ0) is 20.0. The van der Waals surface area contributed by atoms with Crippen LogP contribution in [0.5, 0.6) is 5.75 Å². The third-order valence-electron chi connectivity index (χ3n) is 5.09. The van der Waals surface area contributed by atoms with E-state index in [4.69, 9.17) is 10.5 Å². The number of nitrogens with one attached hydrogen (secondary N) is 1. The first-order chi connectivity index (χ1) is 14.1. The summed E-state index contributed by atoms with van der Waals surface area (Å²) in [5, 5.41) is 11.5. The van der Waals surface area contributed by atoms with E-state index in [9.17, 15) is 4.39 Å². The quantitative estimate of drug-likeness (QED) is 0.551. The molecule has 5 rings (SSSR count). The second-order valence-corrected chi connectivity index (χ2v) is 6.84. The average molecular weight is 391 g/mol. The highest BCUT2D eigenvalue weighted by Crippen LogP contribution is 2.31. The third kappa shape index (κ3) is 2.91. The standard InChI is InChI=1S/C20H18FN7O/c1-11-12(2-5-18(22)26-11)15-9-24-20(28-10-25-27-19(15)28)23-8-14-13-6-7-29-17(13)4-3-16(14)21/h2-5,9-10H,6-8H2,1H3,(H2,22,26)(H,23,24). The van der Waals surface area contributed by atoms with Crippen LogP contribution < -0.4 is 15.8 Å². The number of pyridine rings is 1. The molecular formula is C20H18FN7O. The van der Waals surface area contributed by atoms with Crippen LogP contribution in [0.2, 0.25) is 0 Å². The largest absolute Gasteiger partial charge is 0.493 e. The molecule has 0 fully saturated rings. The molecule has 1 aromatic carbocycles. The second-order valence-electron chi connectivity index (χ2n) is 6.84. The van der Waals surface area contributed by atoms with Gasteiger partial charge < -0.3 is 15.8 Å². The van der Waals surface area contributed by atoms with Gasteiger partial charge in [-0.3, -0.25) is 4.40 Å². The number of hydrogen-bond donors (Lipinski definition) is 2. The summed E-state index contributed by atoms with van der Waals surface area (Å²) in [6, 6.07) is 6.74. The number of nitrogen functional groups attached to an aromatic ring is 1. The Balaban J connectivity index is 1.50. The number of halogens is 1. The van der Waals surface area contributed by atoms with Crippen molar-refractivity contribution in [2.75, 3.05) is 17.7 Å². The van der Waals surface area contributed by atoms with Crippen molar-refractivity contribution in [2.24, 2.45) is 0 Å². The van der Waals surface area contributed by atoms with Crippen molar-refractivity contribution in [3.8, 4) is 16.9 Å². The second kappa shape index (κ2) is 6.69. The summed E-state index contributed by atoms with van der Waals surface area (Å²) in [5.74, 6) is 1.45. The predicted octanol–water partition coefficient (Wildman–Crippen LogP) is 2.76. The van der Waals surface area contributed by atoms with Gasteiger partial charge in [-0.15, -0.1) is 10.2 Å². The molecule has 0 saturated carbocycles. The SMILES string of the molecule is Cc1nc(N)ccc1-c1cnc(NCc2c(F)ccc3c2CCO3)n2cnnc12. The summed E-state index contributed by atoms with van der Waals surface area (Å²) in [5.41, 5.74) is 10.3. The lowest BCUT2D eigenvalue weighted by Crippen LogP contribution is -2.10. The minimum Gasteiger partial charge on any atom is -0.493 e. The molecule has 146 valence electrons. The van der Waals surface area contributed by atoms with E-state index in [-0.39, 0.29) is 12.4 Å². The molecule has 0 aliphatic carbocycles. The topological polar surface area (TPSA) is 103 Å². The Morgan fingerprint density at radius 2 is 2.14 bits per heavy atom. The Labute approximate surface area is 165 Å². The van der Waals surface area contributed by atoms with E-state index in [0.29, 0.717) is 36.0 Å². The number of aromatic nitrogens is 5. The molecule has 0 amide bonds. The Morgan fingerprint density at radius 3 is 3.00 bits per heavy atom. The zero-order valence-corrected chi connectivity index (χ0v) is 15.7. The summed E-state index contributed by atoms with van der Waals surface area (Å²) >= 11 is 0. The van der Waals surface area contributed by atoms with Crippen LogP contribution in [-0.2, 0) is 13.0 Å². The maximum absolute atomic E-state index is 14.4. The fourth-order valence-electron chi connectivity index (χ4n) is 3.68. The fraction of sp³-hybridized carbons (Fsp3) is 0.200. The van der Waals surface area contributed by atoms with Gasteiger partial charge in [0, 0.05) is 47.1 Å². The molecular weight excluding hydrogens is 373 g/mol. The number of rotatable bonds is 4. The van der Waals surface area contributed by atoms with E-state index in [1.54, 1.807) is 29.1 Å². The van der Waals surface area contributed by atoms with E-state index in [2.05, 4.69) is 25.5 Å². The van der Waals surface area contributed by atoms with Crippen LogP contribution in [0.3, 0.4) is 0 Å². The lowest BCUT2D eigenvalue weighted by Gasteiger charge is -2.13. The van der Waals surface area contributed by atoms with E-state index in [1.165, 1.54) is 6.07 Å². The number of nitrogens with zero attached hydrogens (tertiary/aromatic N) is 5. The summed E-state index contributed by atoms with van der Waals surface area (Å²) in [6.45, 7) is 2.73. The van der Waals surface area contributed by atoms with E-state index >= 15 is 0 Å². The number of nitrogens with two attached hydrogens (primary N) is 1. The van der Waals surface area contributed by atoms with Gasteiger partial charge in [0.25, 0.3) is 0 Å². The van der Waals surface area contributed by atoms with Gasteiger partial charge >= 0.3 is 0 Å². The van der Waals surface area contributed by atoms with Crippen molar-refractivity contribution in [1.29, 1.82) is 0 Å². The van der Waals surface area contributed by atoms with Crippen molar-refractivity contribution < 1.29 is 9.13 Å². The van der Waals surface area contributed by atoms with Gasteiger partial charge in [0.15, 0.2) is 5.65 Å². The fourth-order valence-corrected chi connectivity index (χ4v) is 3.68. The van der Waals surface area contributed by atoms with Crippen molar-refractivity contribution in [1.82, 2.24) is 24.6 Å². The van der Waals surface area contributed by atoms with Crippen molar-refractivity contribution >= 4 is 17.4 Å². The maximum atomic E-state index is 14.4. The van der Waals surface area contributed by atoms with Gasteiger partial charge in [0.05, 0.1) is 6.61 Å². The number of aryl methyl sites for hydroxylation is 1. The van der Waals surface area contributed by atoms with Crippen molar-refractivity contribution in [3.63, 3.8) is 0 Å². The molecule has 4 aromatic rings. The molecule has 1 aliphatic rings. The van der Waals surface area contributed by atoms with Crippen LogP contribution in [0.15, 0.2) is 36.8 Å². The lowest BCUT2D eigenvalue weighted by atomic mass is 10.0. The summed E-state index contributed by atoms with van der Waals surface area (Å²) < 4.78 is 21.7. The summed E-state index contributed by atoms with van der Waals surface area (Å²) in [6.07, 6.45) is 3.98. The first-order valence-corrected chi connectivity index (χ1v) is 9.21. The molecule has 1 aliphatic heterocycles. The Hall–Kier alpha value is -3.75. The Bertz CT molecular complexity index is 1240. The van der Waals surface area contributed by atoms with Gasteiger partial charge in [0.1, 0.15) is 23.7 Å². The van der Waals surface area contributed by atoms with Crippen molar-refractivity contribution in [2.45, 2.75) is 19.9 Å². The normalized spacial score (nSPS) is 12.8. The molecule has 3 N–H and O–H groups in total. The van der Waals surface area contributed by atoms with Gasteiger partial charge in [-0.1, -0.05) is 0 Å². The van der Waals surface area contributed by atoms with Crippen LogP contribution in [-0.4, -0.2) is 31.2 Å². The van der Waals surface area contributed by atoms with E-state index in [0.717, 1.165) is 28.1 Å². The first-order valence-electron chi connectivity index (χ1n) is 9.21. The highest BCUT2D eigenvalue weighted by Gasteiger charge is 2.20. The molecule has 3 aromatic heterocycles. The Kier molecular flexibility index (Phi) is 4.01. The molecule has 4 heterocycles. The average Bonchev–Trinajstić information content (AvgIpc) is 3.37. The highest BCUT2D eigenvalue weighted by molar-refractivity contribution is 5.79. The van der Waals surface area contributed by atoms with E-state index in [1.807, 2.05) is 13.0 Å². The van der Waals surface area contributed by atoms with E-state index < -0.39 is 0 Å². The minimum atomic E-state index is -0.262. The highest BCUT2D eigenvalue weighted by atomic mass is 19.1. The molecule has 0 bridgehead atoms. The number of fused-ring (bicyclic) bond motifs is 2. The van der Waals surface area contributed by atoms with Gasteiger partial charge in [-0.2, -0.15) is 0 Å². The minimum absolute atomic E-state index is 0.262. The third-order valence-corrected chi connectivity index (χ3v) is 5.09. The summed E-state index contributed by atoms with van der Waals surface area (Å²) in [7, 11) is 0. The molecule has 29 heavy (non-hydrogen) atoms.